The highest BCUT2D eigenvalue weighted by Crippen LogP contribution is 2.63. The minimum atomic E-state index is -1.86. The van der Waals surface area contributed by atoms with Crippen LogP contribution in [0.5, 0.6) is 17.2 Å². The van der Waals surface area contributed by atoms with Crippen molar-refractivity contribution in [1.82, 2.24) is 0 Å². The van der Waals surface area contributed by atoms with E-state index in [2.05, 4.69) is 0 Å². The molecule has 0 saturated heterocycles. The van der Waals surface area contributed by atoms with E-state index < -0.39 is 46.9 Å². The first kappa shape index (κ1) is 27.6. The van der Waals surface area contributed by atoms with Gasteiger partial charge in [-0.2, -0.15) is 0 Å². The number of carbonyl (C=O) groups excluding carboxylic acids is 3. The Bertz CT molecular complexity index is 1400. The maximum Gasteiger partial charge on any atom is 0.333 e. The maximum absolute atomic E-state index is 13.3. The van der Waals surface area contributed by atoms with Gasteiger partial charge in [0.2, 0.25) is 24.1 Å². The highest BCUT2D eigenvalue weighted by molar-refractivity contribution is 6.06. The normalized spacial score (nSPS) is 30.3. The molecular weight excluding hydrogens is 524 g/mol. The molecule has 214 valence electrons. The summed E-state index contributed by atoms with van der Waals surface area (Å²) in [4.78, 5) is 39.0. The van der Waals surface area contributed by atoms with Crippen molar-refractivity contribution < 1.29 is 52.6 Å². The first-order valence-electron chi connectivity index (χ1n) is 12.9. The first-order chi connectivity index (χ1) is 18.9. The van der Waals surface area contributed by atoms with E-state index in [1.165, 1.54) is 34.1 Å². The summed E-state index contributed by atoms with van der Waals surface area (Å²) < 4.78 is 41.0. The number of allylic oxidation sites excluding steroid dienone is 2. The second-order valence-electron chi connectivity index (χ2n) is 10.4. The summed E-state index contributed by atoms with van der Waals surface area (Å²) in [5, 5.41) is 12.2. The minimum Gasteiger partial charge on any atom is -0.496 e. The number of ketones is 1. The molecule has 40 heavy (non-hydrogen) atoms. The lowest BCUT2D eigenvalue weighted by molar-refractivity contribution is -0.178. The molecule has 1 N–H and O–H groups in total. The zero-order chi connectivity index (χ0) is 29.1. The SMILES string of the molecule is C/C=C(/C)C(=O)O[C@H]1c2cc3c(c4c2[C@]2(CO4)C(=CC(=O)C(OC)=C2OC)[C@H](OC(C)=O)[C@@](C)(O)[C@H]1C)OCO3. The van der Waals surface area contributed by atoms with Gasteiger partial charge in [0.15, 0.2) is 23.4 Å². The lowest BCUT2D eigenvalue weighted by Crippen LogP contribution is -2.57. The largest absolute Gasteiger partial charge is 0.496 e. The lowest BCUT2D eigenvalue weighted by atomic mass is 9.60. The molecule has 5 atom stereocenters. The van der Waals surface area contributed by atoms with E-state index in [9.17, 15) is 19.5 Å². The van der Waals surface area contributed by atoms with Crippen molar-refractivity contribution in [2.45, 2.75) is 57.8 Å². The fourth-order valence-electron chi connectivity index (χ4n) is 5.99. The summed E-state index contributed by atoms with van der Waals surface area (Å²) in [5.74, 6) is -1.69. The fourth-order valence-corrected chi connectivity index (χ4v) is 5.99. The van der Waals surface area contributed by atoms with Gasteiger partial charge in [0, 0.05) is 29.5 Å². The molecule has 1 aromatic rings. The summed E-state index contributed by atoms with van der Waals surface area (Å²) in [6.07, 6.45) is 0.457. The summed E-state index contributed by atoms with van der Waals surface area (Å²) >= 11 is 0. The van der Waals surface area contributed by atoms with Gasteiger partial charge in [-0.25, -0.2) is 4.79 Å². The number of ether oxygens (including phenoxy) is 7. The molecule has 0 amide bonds. The molecule has 0 fully saturated rings. The molecule has 5 rings (SSSR count). The topological polar surface area (TPSA) is 136 Å². The number of aliphatic hydroxyl groups is 1. The molecule has 11 heteroatoms. The summed E-state index contributed by atoms with van der Waals surface area (Å²) in [6.45, 7) is 7.51. The quantitative estimate of drug-likeness (QED) is 0.423. The molecule has 2 aliphatic heterocycles. The fraction of sp³-hybridized carbons (Fsp3) is 0.483. The smallest absolute Gasteiger partial charge is 0.333 e. The highest BCUT2D eigenvalue weighted by atomic mass is 16.7. The van der Waals surface area contributed by atoms with Crippen molar-refractivity contribution in [1.29, 1.82) is 0 Å². The van der Waals surface area contributed by atoms with Crippen LogP contribution in [0.4, 0.5) is 0 Å². The number of hydrogen-bond acceptors (Lipinski definition) is 11. The number of hydrogen-bond donors (Lipinski definition) is 1. The Balaban J connectivity index is 1.92. The molecule has 2 aliphatic carbocycles. The standard InChI is InChI=1S/C29H32O11/c1-8-13(2)27(32)40-21-14(3)28(5,33)25(39-15(4)30)17-10-18(31)22(34-6)26(35-7)29(17)11-36-24-20(29)16(21)9-19-23(24)38-12-37-19/h8-10,14,21,25,33H,11-12H2,1-7H3/b13-8-/t14-,21+,25-,28-,29-/m0/s1. The van der Waals surface area contributed by atoms with Gasteiger partial charge in [-0.3, -0.25) is 9.59 Å². The van der Waals surface area contributed by atoms with Crippen molar-refractivity contribution in [2.24, 2.45) is 5.92 Å². The van der Waals surface area contributed by atoms with Crippen LogP contribution in [0.15, 0.2) is 40.9 Å². The predicted octanol–water partition coefficient (Wildman–Crippen LogP) is 2.94. The molecule has 1 spiro atoms. The second-order valence-corrected chi connectivity index (χ2v) is 10.4. The Kier molecular flexibility index (Phi) is 6.60. The van der Waals surface area contributed by atoms with Gasteiger partial charge in [-0.15, -0.1) is 0 Å². The first-order valence-corrected chi connectivity index (χ1v) is 12.9. The zero-order valence-corrected chi connectivity index (χ0v) is 23.4. The van der Waals surface area contributed by atoms with Crippen LogP contribution in [-0.4, -0.2) is 62.2 Å². The Morgan fingerprint density at radius 3 is 2.45 bits per heavy atom. The van der Waals surface area contributed by atoms with E-state index in [0.717, 1.165) is 0 Å². The van der Waals surface area contributed by atoms with Crippen LogP contribution in [0.2, 0.25) is 0 Å². The van der Waals surface area contributed by atoms with E-state index in [1.807, 2.05) is 0 Å². The third-order valence-corrected chi connectivity index (χ3v) is 8.28. The minimum absolute atomic E-state index is 0.0649. The number of esters is 2. The van der Waals surface area contributed by atoms with Crippen LogP contribution in [0.3, 0.4) is 0 Å². The molecule has 0 saturated carbocycles. The molecule has 11 nitrogen and oxygen atoms in total. The van der Waals surface area contributed by atoms with Gasteiger partial charge in [-0.05, 0) is 38.5 Å². The van der Waals surface area contributed by atoms with Crippen LogP contribution in [-0.2, 0) is 38.7 Å². The predicted molar refractivity (Wildman–Crippen MR) is 137 cm³/mol. The monoisotopic (exact) mass is 556 g/mol. The lowest BCUT2D eigenvalue weighted by Gasteiger charge is -2.49. The van der Waals surface area contributed by atoms with Crippen molar-refractivity contribution in [2.75, 3.05) is 27.6 Å². The molecular formula is C29H32O11. The third kappa shape index (κ3) is 3.71. The van der Waals surface area contributed by atoms with Gasteiger partial charge >= 0.3 is 11.9 Å². The van der Waals surface area contributed by atoms with Gasteiger partial charge in [-0.1, -0.05) is 13.0 Å². The zero-order valence-electron chi connectivity index (χ0n) is 23.4. The molecule has 2 heterocycles. The van der Waals surface area contributed by atoms with E-state index in [0.29, 0.717) is 33.9 Å². The third-order valence-electron chi connectivity index (χ3n) is 8.28. The Hall–Kier alpha value is -3.99. The van der Waals surface area contributed by atoms with Gasteiger partial charge < -0.3 is 38.3 Å². The van der Waals surface area contributed by atoms with Gasteiger partial charge in [0.1, 0.15) is 23.7 Å². The second kappa shape index (κ2) is 9.58. The van der Waals surface area contributed by atoms with Gasteiger partial charge in [0.05, 0.1) is 14.2 Å². The average molecular weight is 557 g/mol. The van der Waals surface area contributed by atoms with Crippen LogP contribution in [0, 0.1) is 5.92 Å². The summed E-state index contributed by atoms with van der Waals surface area (Å²) in [5.41, 5.74) is -1.78. The Labute approximate surface area is 231 Å². The van der Waals surface area contributed by atoms with Crippen molar-refractivity contribution >= 4 is 17.7 Å². The van der Waals surface area contributed by atoms with E-state index >= 15 is 0 Å². The average Bonchev–Trinajstić information content (AvgIpc) is 3.55. The summed E-state index contributed by atoms with van der Waals surface area (Å²) in [6, 6.07) is 1.69. The number of rotatable bonds is 5. The molecule has 0 unspecified atom stereocenters. The van der Waals surface area contributed by atoms with Crippen molar-refractivity contribution in [3.8, 4) is 17.2 Å². The van der Waals surface area contributed by atoms with Crippen LogP contribution in [0.1, 0.15) is 51.8 Å². The van der Waals surface area contributed by atoms with Gasteiger partial charge in [0.25, 0.3) is 0 Å². The van der Waals surface area contributed by atoms with E-state index in [1.54, 1.807) is 32.9 Å². The molecule has 0 aromatic heterocycles. The summed E-state index contributed by atoms with van der Waals surface area (Å²) in [7, 11) is 2.73. The van der Waals surface area contributed by atoms with Crippen molar-refractivity contribution in [3.63, 3.8) is 0 Å². The number of fused-ring (bicyclic) bond motifs is 2. The van der Waals surface area contributed by atoms with Crippen molar-refractivity contribution in [3.05, 3.63) is 52.0 Å². The number of carbonyl (C=O) groups is 3. The maximum atomic E-state index is 13.3. The molecule has 4 aliphatic rings. The Morgan fingerprint density at radius 2 is 1.82 bits per heavy atom. The van der Waals surface area contributed by atoms with E-state index in [4.69, 9.17) is 33.2 Å². The number of benzene rings is 1. The van der Waals surface area contributed by atoms with E-state index in [-0.39, 0.29) is 30.5 Å². The number of methoxy groups -OCH3 is 2. The van der Waals surface area contributed by atoms with Crippen LogP contribution in [0.25, 0.3) is 0 Å². The highest BCUT2D eigenvalue weighted by Gasteiger charge is 2.64. The molecule has 0 radical (unpaired) electrons. The molecule has 0 bridgehead atoms. The molecule has 1 aromatic carbocycles. The van der Waals surface area contributed by atoms with Crippen LogP contribution >= 0.6 is 0 Å². The van der Waals surface area contributed by atoms with Crippen LogP contribution < -0.4 is 14.2 Å². The Morgan fingerprint density at radius 1 is 1.10 bits per heavy atom.